The van der Waals surface area contributed by atoms with Crippen LogP contribution in [-0.4, -0.2) is 24.5 Å². The molecule has 0 aromatic heterocycles. The van der Waals surface area contributed by atoms with Gasteiger partial charge >= 0.3 is 10.1 Å². The maximum absolute atomic E-state index is 12.8. The summed E-state index contributed by atoms with van der Waals surface area (Å²) < 4.78 is 30.4. The standard InChI is InChI=1S/C24H16Cl3NO5S2/c1-14-5-7-18(8-6-14)35(31,32)33-22-19(26)10-16(11-20(22)27)12-21-23(29)28(24(30)34-21)13-15-3-2-4-17(25)9-15/h2-12H,13H2,1H3/b21-12-. The summed E-state index contributed by atoms with van der Waals surface area (Å²) in [5.74, 6) is -0.713. The minimum atomic E-state index is -4.17. The summed E-state index contributed by atoms with van der Waals surface area (Å²) >= 11 is 19.3. The number of imide groups is 1. The van der Waals surface area contributed by atoms with E-state index in [0.29, 0.717) is 16.1 Å². The van der Waals surface area contributed by atoms with Gasteiger partial charge in [0.05, 0.1) is 21.5 Å². The lowest BCUT2D eigenvalue weighted by Crippen LogP contribution is -2.27. The number of hydrogen-bond donors (Lipinski definition) is 0. The Balaban J connectivity index is 1.56. The molecule has 1 aliphatic rings. The van der Waals surface area contributed by atoms with Crippen molar-refractivity contribution in [2.45, 2.75) is 18.4 Å². The van der Waals surface area contributed by atoms with E-state index < -0.39 is 21.3 Å². The van der Waals surface area contributed by atoms with Gasteiger partial charge in [-0.05, 0) is 72.3 Å². The molecule has 0 N–H and O–H groups in total. The van der Waals surface area contributed by atoms with Gasteiger partial charge < -0.3 is 4.18 Å². The molecule has 0 bridgehead atoms. The highest BCUT2D eigenvalue weighted by molar-refractivity contribution is 8.18. The number of benzene rings is 3. The fourth-order valence-electron chi connectivity index (χ4n) is 3.21. The normalized spacial score (nSPS) is 15.2. The Morgan fingerprint density at radius 2 is 1.63 bits per heavy atom. The SMILES string of the molecule is Cc1ccc(S(=O)(=O)Oc2c(Cl)cc(/C=C3\SC(=O)N(Cc4cccc(Cl)c4)C3=O)cc2Cl)cc1. The maximum atomic E-state index is 12.8. The van der Waals surface area contributed by atoms with Gasteiger partial charge in [0, 0.05) is 5.02 Å². The van der Waals surface area contributed by atoms with Crippen molar-refractivity contribution in [2.75, 3.05) is 0 Å². The minimum absolute atomic E-state index is 0.0484. The van der Waals surface area contributed by atoms with Crippen LogP contribution in [0.2, 0.25) is 15.1 Å². The Hall–Kier alpha value is -2.49. The molecule has 35 heavy (non-hydrogen) atoms. The summed E-state index contributed by atoms with van der Waals surface area (Å²) in [7, 11) is -4.17. The van der Waals surface area contributed by atoms with Gasteiger partial charge in [-0.25, -0.2) is 0 Å². The van der Waals surface area contributed by atoms with Crippen LogP contribution in [0.5, 0.6) is 5.75 Å². The van der Waals surface area contributed by atoms with Gasteiger partial charge in [0.25, 0.3) is 11.1 Å². The highest BCUT2D eigenvalue weighted by atomic mass is 35.5. The average Bonchev–Trinajstić information content (AvgIpc) is 3.04. The summed E-state index contributed by atoms with van der Waals surface area (Å²) in [5, 5.41) is -0.0706. The van der Waals surface area contributed by atoms with Crippen molar-refractivity contribution in [2.24, 2.45) is 0 Å². The average molecular weight is 569 g/mol. The molecule has 1 saturated heterocycles. The fraction of sp³-hybridized carbons (Fsp3) is 0.0833. The van der Waals surface area contributed by atoms with E-state index >= 15 is 0 Å². The van der Waals surface area contributed by atoms with E-state index in [1.54, 1.807) is 36.4 Å². The molecule has 3 aromatic rings. The van der Waals surface area contributed by atoms with E-state index in [1.807, 2.05) is 6.92 Å². The van der Waals surface area contributed by atoms with E-state index in [-0.39, 0.29) is 32.1 Å². The predicted molar refractivity (Wildman–Crippen MR) is 138 cm³/mol. The van der Waals surface area contributed by atoms with Crippen molar-refractivity contribution in [3.8, 4) is 5.75 Å². The Morgan fingerprint density at radius 3 is 2.26 bits per heavy atom. The highest BCUT2D eigenvalue weighted by Crippen LogP contribution is 2.39. The van der Waals surface area contributed by atoms with Gasteiger partial charge in [-0.1, -0.05) is 64.6 Å². The summed E-state index contributed by atoms with van der Waals surface area (Å²) in [6.07, 6.45) is 1.46. The smallest absolute Gasteiger partial charge is 0.339 e. The van der Waals surface area contributed by atoms with Crippen LogP contribution in [0.15, 0.2) is 70.5 Å². The Morgan fingerprint density at radius 1 is 0.971 bits per heavy atom. The van der Waals surface area contributed by atoms with Crippen LogP contribution in [0.25, 0.3) is 6.08 Å². The van der Waals surface area contributed by atoms with Crippen LogP contribution in [0.3, 0.4) is 0 Å². The van der Waals surface area contributed by atoms with Gasteiger partial charge in [0.15, 0.2) is 5.75 Å². The van der Waals surface area contributed by atoms with E-state index in [4.69, 9.17) is 39.0 Å². The third kappa shape index (κ3) is 5.85. The minimum Gasteiger partial charge on any atom is -0.376 e. The molecular formula is C24H16Cl3NO5S2. The maximum Gasteiger partial charge on any atom is 0.339 e. The summed E-state index contributed by atoms with van der Waals surface area (Å²) in [5.41, 5.74) is 2.00. The third-order valence-electron chi connectivity index (χ3n) is 4.92. The number of carbonyl (C=O) groups is 2. The lowest BCUT2D eigenvalue weighted by molar-refractivity contribution is -0.123. The Bertz CT molecular complexity index is 1450. The molecule has 0 unspecified atom stereocenters. The van der Waals surface area contributed by atoms with Crippen LogP contribution in [-0.2, 0) is 21.5 Å². The molecule has 0 radical (unpaired) electrons. The molecule has 0 saturated carbocycles. The number of hydrogen-bond acceptors (Lipinski definition) is 6. The zero-order valence-electron chi connectivity index (χ0n) is 18.0. The first-order chi connectivity index (χ1) is 16.5. The first-order valence-electron chi connectivity index (χ1n) is 10.0. The van der Waals surface area contributed by atoms with E-state index in [2.05, 4.69) is 0 Å². The molecule has 11 heteroatoms. The van der Waals surface area contributed by atoms with Crippen LogP contribution < -0.4 is 4.18 Å². The molecule has 1 heterocycles. The molecule has 3 aromatic carbocycles. The second-order valence-corrected chi connectivity index (χ2v) is 11.4. The molecule has 0 spiro atoms. The lowest BCUT2D eigenvalue weighted by Gasteiger charge is -2.12. The van der Waals surface area contributed by atoms with Crippen molar-refractivity contribution >= 4 is 73.9 Å². The van der Waals surface area contributed by atoms with E-state index in [0.717, 1.165) is 22.2 Å². The van der Waals surface area contributed by atoms with Gasteiger partial charge in [0.1, 0.15) is 4.90 Å². The predicted octanol–water partition coefficient (Wildman–Crippen LogP) is 6.96. The molecule has 0 aliphatic carbocycles. The Labute approximate surface area is 221 Å². The number of carbonyl (C=O) groups excluding carboxylic acids is 2. The van der Waals surface area contributed by atoms with Crippen LogP contribution in [0.1, 0.15) is 16.7 Å². The molecule has 1 fully saturated rings. The summed E-state index contributed by atoms with van der Waals surface area (Å²) in [6.45, 7) is 1.91. The number of nitrogens with zero attached hydrogens (tertiary/aromatic N) is 1. The number of amides is 2. The van der Waals surface area contributed by atoms with Gasteiger partial charge in [-0.15, -0.1) is 0 Å². The zero-order valence-corrected chi connectivity index (χ0v) is 21.9. The fourth-order valence-corrected chi connectivity index (χ4v) is 5.90. The third-order valence-corrected chi connectivity index (χ3v) is 7.86. The monoisotopic (exact) mass is 567 g/mol. The molecule has 0 atom stereocenters. The molecule has 2 amide bonds. The zero-order chi connectivity index (χ0) is 25.3. The van der Waals surface area contributed by atoms with Crippen LogP contribution >= 0.6 is 46.6 Å². The summed E-state index contributed by atoms with van der Waals surface area (Å²) in [6, 6.07) is 15.8. The number of thioether (sulfide) groups is 1. The topological polar surface area (TPSA) is 80.8 Å². The lowest BCUT2D eigenvalue weighted by atomic mass is 10.2. The van der Waals surface area contributed by atoms with Gasteiger partial charge in [-0.3, -0.25) is 14.5 Å². The van der Waals surface area contributed by atoms with E-state index in [1.165, 1.54) is 30.3 Å². The molecular weight excluding hydrogens is 553 g/mol. The van der Waals surface area contributed by atoms with Gasteiger partial charge in [-0.2, -0.15) is 8.42 Å². The van der Waals surface area contributed by atoms with Gasteiger partial charge in [0.2, 0.25) is 0 Å². The number of rotatable bonds is 6. The molecule has 6 nitrogen and oxygen atoms in total. The first kappa shape index (κ1) is 25.6. The number of halogens is 3. The first-order valence-corrected chi connectivity index (χ1v) is 13.4. The van der Waals surface area contributed by atoms with Crippen LogP contribution in [0, 0.1) is 6.92 Å². The van der Waals surface area contributed by atoms with Crippen LogP contribution in [0.4, 0.5) is 4.79 Å². The second kappa shape index (κ2) is 10.2. The largest absolute Gasteiger partial charge is 0.376 e. The highest BCUT2D eigenvalue weighted by Gasteiger charge is 2.35. The summed E-state index contributed by atoms with van der Waals surface area (Å²) in [4.78, 5) is 26.5. The van der Waals surface area contributed by atoms with Crippen molar-refractivity contribution in [3.63, 3.8) is 0 Å². The Kier molecular flexibility index (Phi) is 7.49. The van der Waals surface area contributed by atoms with Crippen molar-refractivity contribution in [1.82, 2.24) is 4.90 Å². The molecule has 4 rings (SSSR count). The number of aryl methyl sites for hydroxylation is 1. The quantitative estimate of drug-likeness (QED) is 0.236. The van der Waals surface area contributed by atoms with Crippen molar-refractivity contribution < 1.29 is 22.2 Å². The van der Waals surface area contributed by atoms with Crippen molar-refractivity contribution in [3.05, 3.63) is 97.3 Å². The van der Waals surface area contributed by atoms with E-state index in [9.17, 15) is 18.0 Å². The second-order valence-electron chi connectivity index (χ2n) is 7.56. The molecule has 1 aliphatic heterocycles. The van der Waals surface area contributed by atoms with Crippen molar-refractivity contribution in [1.29, 1.82) is 0 Å². The molecule has 180 valence electrons.